The van der Waals surface area contributed by atoms with Gasteiger partial charge in [0.25, 0.3) is 0 Å². The molecule has 0 aliphatic rings. The Morgan fingerprint density at radius 1 is 1.45 bits per heavy atom. The molecule has 1 rings (SSSR count). The van der Waals surface area contributed by atoms with E-state index in [1.165, 1.54) is 30.7 Å². The third-order valence-electron chi connectivity index (χ3n) is 3.03. The van der Waals surface area contributed by atoms with Gasteiger partial charge in [0.2, 0.25) is 5.91 Å². The molecule has 0 saturated heterocycles. The molecule has 0 radical (unpaired) electrons. The Morgan fingerprint density at radius 3 is 2.85 bits per heavy atom. The van der Waals surface area contributed by atoms with Crippen molar-refractivity contribution in [2.75, 3.05) is 0 Å². The van der Waals surface area contributed by atoms with Crippen molar-refractivity contribution in [3.63, 3.8) is 0 Å². The minimum absolute atomic E-state index is 0.120. The molecular formula is C16H21ClFNO. The summed E-state index contributed by atoms with van der Waals surface area (Å²) in [5.74, 6) is -0.661. The molecule has 1 aromatic carbocycles. The van der Waals surface area contributed by atoms with E-state index in [1.807, 2.05) is 6.92 Å². The molecule has 20 heavy (non-hydrogen) atoms. The second-order valence-electron chi connectivity index (χ2n) is 4.87. The fourth-order valence-electron chi connectivity index (χ4n) is 1.89. The molecule has 1 aromatic rings. The molecule has 0 bridgehead atoms. The predicted molar refractivity (Wildman–Crippen MR) is 82.2 cm³/mol. The van der Waals surface area contributed by atoms with Crippen molar-refractivity contribution in [1.82, 2.24) is 5.32 Å². The van der Waals surface area contributed by atoms with Crippen LogP contribution in [-0.2, 0) is 4.79 Å². The quantitative estimate of drug-likeness (QED) is 0.579. The molecule has 1 unspecified atom stereocenters. The summed E-state index contributed by atoms with van der Waals surface area (Å²) in [6.07, 6.45) is 7.11. The van der Waals surface area contributed by atoms with Gasteiger partial charge in [-0.3, -0.25) is 4.79 Å². The van der Waals surface area contributed by atoms with Gasteiger partial charge in [-0.15, -0.1) is 0 Å². The standard InChI is InChI=1S/C16H21ClFNO/c1-3-4-5-7-12(2)19-16(20)11-10-13-14(17)8-6-9-15(13)18/h6,8-12H,3-5,7H2,1-2H3,(H,19,20). The number of nitrogens with one attached hydrogen (secondary N) is 1. The summed E-state index contributed by atoms with van der Waals surface area (Å²) in [7, 11) is 0. The van der Waals surface area contributed by atoms with E-state index >= 15 is 0 Å². The van der Waals surface area contributed by atoms with E-state index in [1.54, 1.807) is 6.07 Å². The second-order valence-corrected chi connectivity index (χ2v) is 5.28. The summed E-state index contributed by atoms with van der Waals surface area (Å²) < 4.78 is 13.5. The van der Waals surface area contributed by atoms with Crippen LogP contribution in [-0.4, -0.2) is 11.9 Å². The molecule has 0 fully saturated rings. The monoisotopic (exact) mass is 297 g/mol. The average Bonchev–Trinajstić information content (AvgIpc) is 2.38. The highest BCUT2D eigenvalue weighted by atomic mass is 35.5. The van der Waals surface area contributed by atoms with E-state index in [2.05, 4.69) is 12.2 Å². The first-order valence-corrected chi connectivity index (χ1v) is 7.35. The summed E-state index contributed by atoms with van der Waals surface area (Å²) in [6, 6.07) is 4.56. The highest BCUT2D eigenvalue weighted by Crippen LogP contribution is 2.20. The number of amides is 1. The number of hydrogen-bond donors (Lipinski definition) is 1. The largest absolute Gasteiger partial charge is 0.350 e. The van der Waals surface area contributed by atoms with E-state index in [0.29, 0.717) is 5.02 Å². The molecule has 0 heterocycles. The van der Waals surface area contributed by atoms with Crippen LogP contribution < -0.4 is 5.32 Å². The summed E-state index contributed by atoms with van der Waals surface area (Å²) in [6.45, 7) is 4.11. The molecule has 1 amide bonds. The second kappa shape index (κ2) is 8.75. The number of unbranched alkanes of at least 4 members (excludes halogenated alkanes) is 2. The lowest BCUT2D eigenvalue weighted by Gasteiger charge is -2.11. The number of halogens is 2. The van der Waals surface area contributed by atoms with E-state index < -0.39 is 5.82 Å². The molecule has 0 saturated carbocycles. The smallest absolute Gasteiger partial charge is 0.244 e. The summed E-state index contributed by atoms with van der Waals surface area (Å²) in [5.41, 5.74) is 0.239. The molecule has 0 aliphatic carbocycles. The van der Waals surface area contributed by atoms with Crippen molar-refractivity contribution in [2.24, 2.45) is 0 Å². The van der Waals surface area contributed by atoms with E-state index in [-0.39, 0.29) is 17.5 Å². The van der Waals surface area contributed by atoms with Gasteiger partial charge in [-0.05, 0) is 31.6 Å². The molecule has 0 aliphatic heterocycles. The van der Waals surface area contributed by atoms with E-state index in [4.69, 9.17) is 11.6 Å². The van der Waals surface area contributed by atoms with Gasteiger partial charge in [-0.25, -0.2) is 4.39 Å². The molecule has 2 nitrogen and oxygen atoms in total. The van der Waals surface area contributed by atoms with Crippen LogP contribution in [0.2, 0.25) is 5.02 Å². The summed E-state index contributed by atoms with van der Waals surface area (Å²) >= 11 is 5.88. The minimum Gasteiger partial charge on any atom is -0.350 e. The van der Waals surface area contributed by atoms with Crippen LogP contribution in [0.4, 0.5) is 4.39 Å². The fourth-order valence-corrected chi connectivity index (χ4v) is 2.12. The van der Waals surface area contributed by atoms with E-state index in [0.717, 1.165) is 19.3 Å². The maximum atomic E-state index is 13.5. The van der Waals surface area contributed by atoms with Gasteiger partial charge in [0, 0.05) is 17.7 Å². The number of carbonyl (C=O) groups is 1. The van der Waals surface area contributed by atoms with Gasteiger partial charge in [-0.2, -0.15) is 0 Å². The number of hydrogen-bond acceptors (Lipinski definition) is 1. The van der Waals surface area contributed by atoms with Crippen LogP contribution >= 0.6 is 11.6 Å². The van der Waals surface area contributed by atoms with Crippen molar-refractivity contribution < 1.29 is 9.18 Å². The number of rotatable bonds is 7. The Labute approximate surface area is 125 Å². The fraction of sp³-hybridized carbons (Fsp3) is 0.438. The lowest BCUT2D eigenvalue weighted by Crippen LogP contribution is -2.30. The molecule has 4 heteroatoms. The molecular weight excluding hydrogens is 277 g/mol. The molecule has 1 N–H and O–H groups in total. The van der Waals surface area contributed by atoms with Crippen molar-refractivity contribution in [1.29, 1.82) is 0 Å². The SMILES string of the molecule is CCCCCC(C)NC(=O)C=Cc1c(F)cccc1Cl. The first-order valence-electron chi connectivity index (χ1n) is 6.97. The average molecular weight is 298 g/mol. The topological polar surface area (TPSA) is 29.1 Å². The lowest BCUT2D eigenvalue weighted by molar-refractivity contribution is -0.117. The number of carbonyl (C=O) groups excluding carboxylic acids is 1. The Morgan fingerprint density at radius 2 is 2.20 bits per heavy atom. The third kappa shape index (κ3) is 5.74. The van der Waals surface area contributed by atoms with E-state index in [9.17, 15) is 9.18 Å². The van der Waals surface area contributed by atoms with Gasteiger partial charge in [0.15, 0.2) is 0 Å². The zero-order chi connectivity index (χ0) is 15.0. The Hall–Kier alpha value is -1.35. The van der Waals surface area contributed by atoms with Crippen molar-refractivity contribution in [3.8, 4) is 0 Å². The Balaban J connectivity index is 2.51. The van der Waals surface area contributed by atoms with Crippen LogP contribution in [0, 0.1) is 5.82 Å². The summed E-state index contributed by atoms with van der Waals surface area (Å²) in [5, 5.41) is 3.15. The van der Waals surface area contributed by atoms with Gasteiger partial charge in [0.1, 0.15) is 5.82 Å². The number of benzene rings is 1. The zero-order valence-corrected chi connectivity index (χ0v) is 12.7. The van der Waals surface area contributed by atoms with Crippen LogP contribution in [0.3, 0.4) is 0 Å². The first-order chi connectivity index (χ1) is 9.54. The van der Waals surface area contributed by atoms with Gasteiger partial charge in [0.05, 0.1) is 5.02 Å². The lowest BCUT2D eigenvalue weighted by atomic mass is 10.1. The summed E-state index contributed by atoms with van der Waals surface area (Å²) in [4.78, 5) is 11.7. The van der Waals surface area contributed by atoms with Crippen LogP contribution in [0.15, 0.2) is 24.3 Å². The predicted octanol–water partition coefficient (Wildman–Crippen LogP) is 4.58. The maximum absolute atomic E-state index is 13.5. The van der Waals surface area contributed by atoms with Crippen LogP contribution in [0.25, 0.3) is 6.08 Å². The van der Waals surface area contributed by atoms with Crippen molar-refractivity contribution >= 4 is 23.6 Å². The Bertz CT molecular complexity index is 453. The minimum atomic E-state index is -0.433. The van der Waals surface area contributed by atoms with Crippen LogP contribution in [0.5, 0.6) is 0 Å². The van der Waals surface area contributed by atoms with Crippen molar-refractivity contribution in [3.05, 3.63) is 40.7 Å². The molecule has 110 valence electrons. The highest BCUT2D eigenvalue weighted by molar-refractivity contribution is 6.32. The molecule has 0 spiro atoms. The normalized spacial score (nSPS) is 12.6. The van der Waals surface area contributed by atoms with Crippen LogP contribution in [0.1, 0.15) is 45.1 Å². The first kappa shape index (κ1) is 16.7. The van der Waals surface area contributed by atoms with Gasteiger partial charge in [-0.1, -0.05) is 43.9 Å². The van der Waals surface area contributed by atoms with Crippen molar-refractivity contribution in [2.45, 2.75) is 45.6 Å². The third-order valence-corrected chi connectivity index (χ3v) is 3.36. The zero-order valence-electron chi connectivity index (χ0n) is 12.0. The highest BCUT2D eigenvalue weighted by Gasteiger charge is 2.06. The maximum Gasteiger partial charge on any atom is 0.244 e. The van der Waals surface area contributed by atoms with Gasteiger partial charge < -0.3 is 5.32 Å². The Kier molecular flexibility index (Phi) is 7.31. The molecule has 0 aromatic heterocycles. The molecule has 1 atom stereocenters. The van der Waals surface area contributed by atoms with Gasteiger partial charge >= 0.3 is 0 Å².